The van der Waals surface area contributed by atoms with Crippen LogP contribution >= 0.6 is 0 Å². The number of hydrogen-bond donors (Lipinski definition) is 2. The smallest absolute Gasteiger partial charge is 0.308 e. The zero-order valence-electron chi connectivity index (χ0n) is 12.1. The third kappa shape index (κ3) is 3.96. The molecule has 0 spiro atoms. The molecule has 0 aromatic carbocycles. The maximum absolute atomic E-state index is 12.3. The van der Waals surface area contributed by atoms with Crippen molar-refractivity contribution in [1.82, 2.24) is 5.32 Å². The van der Waals surface area contributed by atoms with Crippen molar-refractivity contribution < 1.29 is 23.1 Å². The molecule has 2 aliphatic rings. The maximum Gasteiger partial charge on any atom is 0.308 e. The molecule has 1 amide bonds. The Balaban J connectivity index is 2.07. The summed E-state index contributed by atoms with van der Waals surface area (Å²) in [6.07, 6.45) is 5.48. The number of sulfone groups is 1. The van der Waals surface area contributed by atoms with E-state index < -0.39 is 38.9 Å². The molecule has 6 nitrogen and oxygen atoms in total. The summed E-state index contributed by atoms with van der Waals surface area (Å²) in [5, 5.41) is 11.0. The van der Waals surface area contributed by atoms with Gasteiger partial charge in [-0.15, -0.1) is 0 Å². The number of carboxylic acids is 1. The Morgan fingerprint density at radius 2 is 1.62 bits per heavy atom. The third-order valence-electron chi connectivity index (χ3n) is 4.53. The molecule has 120 valence electrons. The minimum absolute atomic E-state index is 0.0537. The molecule has 3 unspecified atom stereocenters. The Kier molecular flexibility index (Phi) is 5.24. The molecule has 7 heteroatoms. The molecule has 0 aromatic rings. The molecule has 2 N–H and O–H groups in total. The number of aliphatic carboxylic acids is 1. The van der Waals surface area contributed by atoms with Gasteiger partial charge in [0.2, 0.25) is 5.91 Å². The van der Waals surface area contributed by atoms with E-state index in [1.807, 2.05) is 0 Å². The predicted molar refractivity (Wildman–Crippen MR) is 77.6 cm³/mol. The first-order valence-corrected chi connectivity index (χ1v) is 9.38. The molecule has 3 atom stereocenters. The minimum Gasteiger partial charge on any atom is -0.481 e. The number of nitrogens with one attached hydrogen (secondary N) is 1. The van der Waals surface area contributed by atoms with Gasteiger partial charge in [0.25, 0.3) is 0 Å². The van der Waals surface area contributed by atoms with E-state index in [-0.39, 0.29) is 5.75 Å². The third-order valence-corrected chi connectivity index (χ3v) is 6.71. The lowest BCUT2D eigenvalue weighted by atomic mass is 9.94. The second-order valence-electron chi connectivity index (χ2n) is 6.05. The van der Waals surface area contributed by atoms with Crippen LogP contribution in [0.5, 0.6) is 0 Å². The van der Waals surface area contributed by atoms with E-state index in [0.717, 1.165) is 25.7 Å². The summed E-state index contributed by atoms with van der Waals surface area (Å²) in [4.78, 5) is 23.6. The molecule has 1 heterocycles. The van der Waals surface area contributed by atoms with Crippen molar-refractivity contribution >= 4 is 21.7 Å². The summed E-state index contributed by atoms with van der Waals surface area (Å²) in [7, 11) is -3.38. The molecule has 0 radical (unpaired) electrons. The van der Waals surface area contributed by atoms with Crippen molar-refractivity contribution in [2.45, 2.75) is 62.7 Å². The lowest BCUT2D eigenvalue weighted by molar-refractivity contribution is -0.143. The SMILES string of the molecule is O=C(O)C1CCCCCC1NC(=O)C1CCCCS1(=O)=O. The van der Waals surface area contributed by atoms with Gasteiger partial charge in [-0.1, -0.05) is 25.7 Å². The number of carbonyl (C=O) groups excluding carboxylic acids is 1. The zero-order valence-corrected chi connectivity index (χ0v) is 12.9. The molecule has 1 aliphatic heterocycles. The van der Waals surface area contributed by atoms with E-state index >= 15 is 0 Å². The van der Waals surface area contributed by atoms with Gasteiger partial charge >= 0.3 is 5.97 Å². The first-order chi connectivity index (χ1) is 9.92. The lowest BCUT2D eigenvalue weighted by Gasteiger charge is -2.27. The maximum atomic E-state index is 12.3. The fraction of sp³-hybridized carbons (Fsp3) is 0.857. The fourth-order valence-corrected chi connectivity index (χ4v) is 5.11. The van der Waals surface area contributed by atoms with Crippen LogP contribution in [-0.2, 0) is 19.4 Å². The minimum atomic E-state index is -3.38. The Hall–Kier alpha value is -1.11. The second-order valence-corrected chi connectivity index (χ2v) is 8.35. The Labute approximate surface area is 125 Å². The van der Waals surface area contributed by atoms with Crippen LogP contribution in [0, 0.1) is 5.92 Å². The summed E-state index contributed by atoms with van der Waals surface area (Å²) >= 11 is 0. The highest BCUT2D eigenvalue weighted by Crippen LogP contribution is 2.25. The molecule has 2 rings (SSSR count). The van der Waals surface area contributed by atoms with Crippen molar-refractivity contribution in [2.75, 3.05) is 5.75 Å². The Bertz CT molecular complexity index is 501. The normalized spacial score (nSPS) is 32.9. The zero-order chi connectivity index (χ0) is 15.5. The van der Waals surface area contributed by atoms with E-state index in [1.165, 1.54) is 0 Å². The van der Waals surface area contributed by atoms with Gasteiger partial charge in [-0.3, -0.25) is 9.59 Å². The average Bonchev–Trinajstić information content (AvgIpc) is 2.63. The van der Waals surface area contributed by atoms with Crippen LogP contribution in [0.1, 0.15) is 51.4 Å². The van der Waals surface area contributed by atoms with Crippen molar-refractivity contribution in [2.24, 2.45) is 5.92 Å². The molecular weight excluding hydrogens is 294 g/mol. The molecule has 21 heavy (non-hydrogen) atoms. The van der Waals surface area contributed by atoms with E-state index in [2.05, 4.69) is 5.32 Å². The van der Waals surface area contributed by atoms with Gasteiger partial charge in [0.15, 0.2) is 9.84 Å². The number of rotatable bonds is 3. The van der Waals surface area contributed by atoms with Gasteiger partial charge in [-0.2, -0.15) is 0 Å². The summed E-state index contributed by atoms with van der Waals surface area (Å²) in [5.74, 6) is -1.97. The molecule has 1 saturated heterocycles. The van der Waals surface area contributed by atoms with Gasteiger partial charge in [-0.25, -0.2) is 8.42 Å². The van der Waals surface area contributed by atoms with Crippen molar-refractivity contribution in [3.63, 3.8) is 0 Å². The highest BCUT2D eigenvalue weighted by atomic mass is 32.2. The average molecular weight is 317 g/mol. The van der Waals surface area contributed by atoms with Crippen LogP contribution in [0.25, 0.3) is 0 Å². The Morgan fingerprint density at radius 1 is 0.952 bits per heavy atom. The van der Waals surface area contributed by atoms with Crippen LogP contribution in [0.15, 0.2) is 0 Å². The van der Waals surface area contributed by atoms with E-state index in [9.17, 15) is 23.1 Å². The van der Waals surface area contributed by atoms with Crippen LogP contribution < -0.4 is 5.32 Å². The summed E-state index contributed by atoms with van der Waals surface area (Å²) in [6.45, 7) is 0. The first-order valence-electron chi connectivity index (χ1n) is 7.66. The molecule has 1 saturated carbocycles. The van der Waals surface area contributed by atoms with Gasteiger partial charge in [0, 0.05) is 6.04 Å². The highest BCUT2D eigenvalue weighted by Gasteiger charge is 2.38. The van der Waals surface area contributed by atoms with E-state index in [0.29, 0.717) is 25.7 Å². The Morgan fingerprint density at radius 3 is 2.29 bits per heavy atom. The largest absolute Gasteiger partial charge is 0.481 e. The van der Waals surface area contributed by atoms with Crippen molar-refractivity contribution in [3.8, 4) is 0 Å². The molecule has 0 bridgehead atoms. The quantitative estimate of drug-likeness (QED) is 0.759. The number of carboxylic acid groups (broad SMARTS) is 1. The van der Waals surface area contributed by atoms with Gasteiger partial charge in [0.05, 0.1) is 11.7 Å². The summed E-state index contributed by atoms with van der Waals surface area (Å²) in [6, 6.07) is -0.449. The first kappa shape index (κ1) is 16.3. The molecule has 1 aliphatic carbocycles. The van der Waals surface area contributed by atoms with Crippen molar-refractivity contribution in [3.05, 3.63) is 0 Å². The van der Waals surface area contributed by atoms with Crippen LogP contribution in [0.2, 0.25) is 0 Å². The molecule has 0 aromatic heterocycles. The number of amides is 1. The van der Waals surface area contributed by atoms with Crippen LogP contribution in [-0.4, -0.2) is 42.4 Å². The highest BCUT2D eigenvalue weighted by molar-refractivity contribution is 7.92. The van der Waals surface area contributed by atoms with Gasteiger partial charge < -0.3 is 10.4 Å². The van der Waals surface area contributed by atoms with E-state index in [1.54, 1.807) is 0 Å². The van der Waals surface area contributed by atoms with Crippen LogP contribution in [0.4, 0.5) is 0 Å². The molecular formula is C14H23NO5S. The molecule has 2 fully saturated rings. The summed E-state index contributed by atoms with van der Waals surface area (Å²) < 4.78 is 23.9. The van der Waals surface area contributed by atoms with Crippen LogP contribution in [0.3, 0.4) is 0 Å². The number of carbonyl (C=O) groups is 2. The summed E-state index contributed by atoms with van der Waals surface area (Å²) in [5.41, 5.74) is 0. The van der Waals surface area contributed by atoms with Gasteiger partial charge in [-0.05, 0) is 25.7 Å². The second kappa shape index (κ2) is 6.77. The monoisotopic (exact) mass is 317 g/mol. The van der Waals surface area contributed by atoms with E-state index in [4.69, 9.17) is 0 Å². The lowest BCUT2D eigenvalue weighted by Crippen LogP contribution is -2.50. The topological polar surface area (TPSA) is 101 Å². The fourth-order valence-electron chi connectivity index (χ4n) is 3.30. The predicted octanol–water partition coefficient (Wildman–Crippen LogP) is 1.10. The number of hydrogen-bond acceptors (Lipinski definition) is 4. The van der Waals surface area contributed by atoms with Gasteiger partial charge in [0.1, 0.15) is 5.25 Å². The standard InChI is InChI=1S/C14H23NO5S/c16-13(12-8-4-5-9-21(12,19)20)15-11-7-3-1-2-6-10(11)14(17)18/h10-12H,1-9H2,(H,15,16)(H,17,18). The van der Waals surface area contributed by atoms with Crippen molar-refractivity contribution in [1.29, 1.82) is 0 Å².